The molecule has 0 bridgehead atoms. The molecule has 21 heavy (non-hydrogen) atoms. The topological polar surface area (TPSA) is 25.8 Å². The van der Waals surface area contributed by atoms with Crippen molar-refractivity contribution in [2.75, 3.05) is 0 Å². The Balaban J connectivity index is 2.30. The summed E-state index contributed by atoms with van der Waals surface area (Å²) in [5, 5.41) is 0.651. The lowest BCUT2D eigenvalue weighted by Crippen LogP contribution is -1.96. The van der Waals surface area contributed by atoms with Crippen molar-refractivity contribution < 1.29 is 8.78 Å². The second kappa shape index (κ2) is 5.31. The summed E-state index contributed by atoms with van der Waals surface area (Å²) in [6.07, 6.45) is 0. The molecule has 0 aliphatic heterocycles. The van der Waals surface area contributed by atoms with Gasteiger partial charge >= 0.3 is 0 Å². The van der Waals surface area contributed by atoms with E-state index in [-0.39, 0.29) is 21.0 Å². The van der Waals surface area contributed by atoms with E-state index in [9.17, 15) is 8.78 Å². The average Bonchev–Trinajstić information content (AvgIpc) is 2.43. The summed E-state index contributed by atoms with van der Waals surface area (Å²) in [5.74, 6) is -0.781. The molecule has 0 atom stereocenters. The molecule has 0 fully saturated rings. The van der Waals surface area contributed by atoms with Gasteiger partial charge in [0.15, 0.2) is 5.82 Å². The average molecular weight is 370 g/mol. The summed E-state index contributed by atoms with van der Waals surface area (Å²) in [5.41, 5.74) is 1.43. The fourth-order valence-electron chi connectivity index (χ4n) is 2.02. The van der Waals surface area contributed by atoms with Gasteiger partial charge in [0, 0.05) is 11.5 Å². The van der Waals surface area contributed by atoms with Gasteiger partial charge in [0.05, 0.1) is 15.6 Å². The maximum atomic E-state index is 13.9. The van der Waals surface area contributed by atoms with Crippen LogP contribution in [0.5, 0.6) is 0 Å². The van der Waals surface area contributed by atoms with E-state index in [0.717, 1.165) is 5.56 Å². The summed E-state index contributed by atoms with van der Waals surface area (Å²) >= 11 is 9.20. The number of hydrogen-bond donors (Lipinski definition) is 0. The highest BCUT2D eigenvalue weighted by molar-refractivity contribution is 9.10. The number of rotatable bonds is 1. The van der Waals surface area contributed by atoms with Crippen LogP contribution < -0.4 is 0 Å². The molecule has 0 radical (unpaired) electrons. The molecule has 0 saturated heterocycles. The fourth-order valence-corrected chi connectivity index (χ4v) is 2.59. The van der Waals surface area contributed by atoms with Gasteiger partial charge in [0.1, 0.15) is 16.8 Å². The molecule has 0 aliphatic carbocycles. The maximum Gasteiger partial charge on any atom is 0.164 e. The van der Waals surface area contributed by atoms with E-state index in [2.05, 4.69) is 25.9 Å². The summed E-state index contributed by atoms with van der Waals surface area (Å²) in [6.45, 7) is 1.84. The number of aromatic nitrogens is 2. The summed E-state index contributed by atoms with van der Waals surface area (Å²) in [6, 6.07) is 7.36. The molecule has 0 spiro atoms. The highest BCUT2D eigenvalue weighted by atomic mass is 79.9. The normalized spacial score (nSPS) is 11.1. The first kappa shape index (κ1) is 14.4. The van der Waals surface area contributed by atoms with Crippen LogP contribution in [-0.4, -0.2) is 9.97 Å². The molecule has 0 saturated carbocycles. The number of benzene rings is 2. The molecule has 0 N–H and O–H groups in total. The zero-order valence-corrected chi connectivity index (χ0v) is 13.1. The fraction of sp³-hybridized carbons (Fsp3) is 0.0667. The van der Waals surface area contributed by atoms with Crippen LogP contribution in [0, 0.1) is 18.6 Å². The van der Waals surface area contributed by atoms with Crippen molar-refractivity contribution in [2.45, 2.75) is 6.92 Å². The van der Waals surface area contributed by atoms with Crippen LogP contribution in [0.1, 0.15) is 5.56 Å². The first-order valence-electron chi connectivity index (χ1n) is 6.04. The molecule has 0 unspecified atom stereocenters. The smallest absolute Gasteiger partial charge is 0.164 e. The maximum absolute atomic E-state index is 13.9. The Hall–Kier alpha value is -1.59. The molecule has 1 heterocycles. The zero-order chi connectivity index (χ0) is 15.1. The quantitative estimate of drug-likeness (QED) is 0.544. The highest BCUT2D eigenvalue weighted by Crippen LogP contribution is 2.30. The lowest BCUT2D eigenvalue weighted by molar-refractivity contribution is 0.622. The van der Waals surface area contributed by atoms with E-state index in [1.165, 1.54) is 18.2 Å². The number of hydrogen-bond acceptors (Lipinski definition) is 2. The molecule has 6 heteroatoms. The zero-order valence-electron chi connectivity index (χ0n) is 10.8. The summed E-state index contributed by atoms with van der Waals surface area (Å²) < 4.78 is 27.8. The van der Waals surface area contributed by atoms with Gasteiger partial charge in [-0.1, -0.05) is 23.2 Å². The van der Waals surface area contributed by atoms with E-state index in [1.54, 1.807) is 12.1 Å². The molecular formula is C15H8BrClF2N2. The largest absolute Gasteiger partial charge is 0.228 e. The number of nitrogens with zero attached hydrogens (tertiary/aromatic N) is 2. The minimum Gasteiger partial charge on any atom is -0.228 e. The van der Waals surface area contributed by atoms with Crippen LogP contribution in [0.25, 0.3) is 22.3 Å². The first-order valence-corrected chi connectivity index (χ1v) is 7.21. The molecule has 0 amide bonds. The molecule has 3 aromatic rings. The summed E-state index contributed by atoms with van der Waals surface area (Å²) in [4.78, 5) is 8.33. The Morgan fingerprint density at radius 2 is 1.81 bits per heavy atom. The van der Waals surface area contributed by atoms with Crippen molar-refractivity contribution in [3.63, 3.8) is 0 Å². The number of aryl methyl sites for hydroxylation is 1. The number of fused-ring (bicyclic) bond motifs is 1. The number of halogens is 4. The third-order valence-electron chi connectivity index (χ3n) is 3.05. The van der Waals surface area contributed by atoms with Gasteiger partial charge in [-0.05, 0) is 41.1 Å². The van der Waals surface area contributed by atoms with Gasteiger partial charge < -0.3 is 0 Å². The molecule has 0 aliphatic rings. The van der Waals surface area contributed by atoms with E-state index >= 15 is 0 Å². The Bertz CT molecular complexity index is 868. The molecule has 2 aromatic carbocycles. The van der Waals surface area contributed by atoms with Crippen molar-refractivity contribution in [1.29, 1.82) is 0 Å². The van der Waals surface area contributed by atoms with Crippen molar-refractivity contribution in [3.8, 4) is 11.4 Å². The van der Waals surface area contributed by atoms with Crippen LogP contribution in [0.4, 0.5) is 8.78 Å². The van der Waals surface area contributed by atoms with Crippen LogP contribution in [0.15, 0.2) is 34.8 Å². The van der Waals surface area contributed by atoms with E-state index in [0.29, 0.717) is 10.9 Å². The Morgan fingerprint density at radius 3 is 2.57 bits per heavy atom. The molecular weight excluding hydrogens is 362 g/mol. The lowest BCUT2D eigenvalue weighted by Gasteiger charge is -2.07. The first-order chi connectivity index (χ1) is 9.95. The van der Waals surface area contributed by atoms with Crippen molar-refractivity contribution in [2.24, 2.45) is 0 Å². The van der Waals surface area contributed by atoms with Gasteiger partial charge in [0.25, 0.3) is 0 Å². The van der Waals surface area contributed by atoms with Crippen LogP contribution in [0.2, 0.25) is 5.15 Å². The Morgan fingerprint density at radius 1 is 1.05 bits per heavy atom. The van der Waals surface area contributed by atoms with Crippen LogP contribution >= 0.6 is 27.5 Å². The monoisotopic (exact) mass is 368 g/mol. The molecule has 106 valence electrons. The molecule has 1 aromatic heterocycles. The Labute approximate surface area is 132 Å². The minimum atomic E-state index is -0.465. The Kier molecular flexibility index (Phi) is 3.63. The lowest BCUT2D eigenvalue weighted by atomic mass is 10.1. The van der Waals surface area contributed by atoms with Gasteiger partial charge in [-0.15, -0.1) is 0 Å². The minimum absolute atomic E-state index is 0.135. The van der Waals surface area contributed by atoms with Gasteiger partial charge in [0.2, 0.25) is 0 Å². The molecule has 3 rings (SSSR count). The van der Waals surface area contributed by atoms with Gasteiger partial charge in [-0.2, -0.15) is 0 Å². The van der Waals surface area contributed by atoms with Gasteiger partial charge in [-0.25, -0.2) is 18.7 Å². The van der Waals surface area contributed by atoms with Crippen molar-refractivity contribution in [1.82, 2.24) is 9.97 Å². The standard InChI is InChI=1S/C15H8BrClF2N2/c1-7-2-3-11(18)8(4-7)15-20-13-6-12(19)10(16)5-9(13)14(17)21-15/h2-6H,1H3. The molecule has 2 nitrogen and oxygen atoms in total. The van der Waals surface area contributed by atoms with E-state index < -0.39 is 11.6 Å². The third-order valence-corrected chi connectivity index (χ3v) is 3.95. The van der Waals surface area contributed by atoms with Crippen LogP contribution in [0.3, 0.4) is 0 Å². The van der Waals surface area contributed by atoms with Crippen molar-refractivity contribution >= 4 is 38.4 Å². The second-order valence-electron chi connectivity index (χ2n) is 4.60. The predicted molar refractivity (Wildman–Crippen MR) is 82.3 cm³/mol. The second-order valence-corrected chi connectivity index (χ2v) is 5.82. The van der Waals surface area contributed by atoms with E-state index in [1.807, 2.05) is 6.92 Å². The summed E-state index contributed by atoms with van der Waals surface area (Å²) in [7, 11) is 0. The SMILES string of the molecule is Cc1ccc(F)c(-c2nc(Cl)c3cc(Br)c(F)cc3n2)c1. The van der Waals surface area contributed by atoms with Gasteiger partial charge in [-0.3, -0.25) is 0 Å². The highest BCUT2D eigenvalue weighted by Gasteiger charge is 2.14. The predicted octanol–water partition coefficient (Wildman–Crippen LogP) is 5.30. The van der Waals surface area contributed by atoms with Crippen LogP contribution in [-0.2, 0) is 0 Å². The van der Waals surface area contributed by atoms with E-state index in [4.69, 9.17) is 11.6 Å². The third kappa shape index (κ3) is 2.63. The van der Waals surface area contributed by atoms with Crippen molar-refractivity contribution in [3.05, 3.63) is 57.2 Å².